The molecule has 7 heteroatoms. The minimum Gasteiger partial charge on any atom is -0.775 e. The molecule has 0 saturated carbocycles. The van der Waals surface area contributed by atoms with E-state index in [0.29, 0.717) is 19.4 Å². The van der Waals surface area contributed by atoms with Gasteiger partial charge in [-0.15, -0.1) is 0 Å². The van der Waals surface area contributed by atoms with Crippen LogP contribution < -0.4 is 4.89 Å². The molecule has 0 spiro atoms. The van der Waals surface area contributed by atoms with Crippen molar-refractivity contribution in [1.82, 2.24) is 0 Å². The number of hydrogen-bond acceptors (Lipinski definition) is 3. The van der Waals surface area contributed by atoms with E-state index in [1.165, 1.54) is 0 Å². The lowest BCUT2D eigenvalue weighted by atomic mass is 10.2. The molecule has 0 fully saturated rings. The van der Waals surface area contributed by atoms with Gasteiger partial charge in [-0.2, -0.15) is 0 Å². The van der Waals surface area contributed by atoms with Crippen LogP contribution in [-0.4, -0.2) is 13.2 Å². The molecule has 0 aliphatic heterocycles. The number of thiophene rings is 1. The van der Waals surface area contributed by atoms with E-state index in [1.54, 1.807) is 0 Å². The highest BCUT2D eigenvalue weighted by Crippen LogP contribution is 2.65. The molecule has 1 heterocycles. The second-order valence-corrected chi connectivity index (χ2v) is 16.8. The molecule has 0 aromatic carbocycles. The first-order valence-electron chi connectivity index (χ1n) is 8.11. The molecule has 0 aliphatic rings. The lowest BCUT2D eigenvalue weighted by molar-refractivity contribution is -0.199. The topological polar surface area (TPSA) is 69.6 Å². The second kappa shape index (κ2) is 7.10. The first-order valence-corrected chi connectivity index (χ1v) is 13.9. The van der Waals surface area contributed by atoms with Crippen LogP contribution in [0.2, 0.25) is 18.1 Å². The maximum Gasteiger partial charge on any atom is 0.208 e. The van der Waals surface area contributed by atoms with Crippen LogP contribution in [0.5, 0.6) is 0 Å². The van der Waals surface area contributed by atoms with Crippen LogP contribution in [0.1, 0.15) is 52.3 Å². The van der Waals surface area contributed by atoms with Crippen molar-refractivity contribution in [3.63, 3.8) is 0 Å². The van der Waals surface area contributed by atoms with Crippen LogP contribution in [0, 0.1) is 0 Å². The SMILES string of the molecule is CCC(CC)([s+]1cccc1CO[Si](C)(C)C(C)(C)C)P(=O)([O-])O. The van der Waals surface area contributed by atoms with Gasteiger partial charge in [0, 0.05) is 18.9 Å². The van der Waals surface area contributed by atoms with Crippen molar-refractivity contribution in [2.45, 2.75) is 76.7 Å². The van der Waals surface area contributed by atoms with Crippen LogP contribution in [0.25, 0.3) is 0 Å². The largest absolute Gasteiger partial charge is 0.775 e. The Morgan fingerprint density at radius 2 is 1.83 bits per heavy atom. The summed E-state index contributed by atoms with van der Waals surface area (Å²) in [5.41, 5.74) is 0. The molecular weight excluding hydrogens is 347 g/mol. The monoisotopic (exact) mass is 378 g/mol. The fourth-order valence-corrected chi connectivity index (χ4v) is 7.99. The summed E-state index contributed by atoms with van der Waals surface area (Å²) in [4.78, 5) is 23.0. The van der Waals surface area contributed by atoms with Crippen LogP contribution in [-0.2, 0) is 20.1 Å². The Morgan fingerprint density at radius 1 is 1.30 bits per heavy atom. The summed E-state index contributed by atoms with van der Waals surface area (Å²) in [7, 11) is -7.01. The first kappa shape index (κ1) is 21.1. The summed E-state index contributed by atoms with van der Waals surface area (Å²) in [5, 5.41) is 2.02. The van der Waals surface area contributed by atoms with Gasteiger partial charge in [-0.05, 0) is 34.7 Å². The predicted molar refractivity (Wildman–Crippen MR) is 99.3 cm³/mol. The third kappa shape index (κ3) is 4.17. The van der Waals surface area contributed by atoms with Crippen molar-refractivity contribution in [2.75, 3.05) is 0 Å². The van der Waals surface area contributed by atoms with Crippen molar-refractivity contribution < 1.29 is 18.8 Å². The Kier molecular flexibility index (Phi) is 6.51. The highest BCUT2D eigenvalue weighted by atomic mass is 32.2. The lowest BCUT2D eigenvalue weighted by Crippen LogP contribution is -2.40. The standard InChI is InChI=1S/C16H31O4PSSi/c1-8-16(9-2,21(17,18)19)22-12-10-11-14(22)13-20-23(6,7)15(3,4)5/h10-12H,8-9,13H2,1-7H3,(H-,17,18,19). The summed E-state index contributed by atoms with van der Waals surface area (Å²) >= 11 is 0. The van der Waals surface area contributed by atoms with Gasteiger partial charge in [-0.25, -0.2) is 0 Å². The molecule has 4 nitrogen and oxygen atoms in total. The molecule has 134 valence electrons. The smallest absolute Gasteiger partial charge is 0.208 e. The number of rotatable bonds is 7. The molecular formula is C16H31O4PSSi. The number of hydrogen-bond donors (Lipinski definition) is 1. The zero-order chi connectivity index (χ0) is 18.1. The highest BCUT2D eigenvalue weighted by molar-refractivity contribution is 7.62. The summed E-state index contributed by atoms with van der Waals surface area (Å²) in [6.45, 7) is 15.0. The molecule has 1 N–H and O–H groups in total. The molecule has 0 amide bonds. The van der Waals surface area contributed by atoms with Crippen molar-refractivity contribution in [3.05, 3.63) is 22.4 Å². The second-order valence-electron chi connectivity index (χ2n) is 7.52. The van der Waals surface area contributed by atoms with E-state index < -0.39 is 30.9 Å². The van der Waals surface area contributed by atoms with Gasteiger partial charge < -0.3 is 18.8 Å². The summed E-state index contributed by atoms with van der Waals surface area (Å²) in [5.74, 6) is 0. The lowest BCUT2D eigenvalue weighted by Gasteiger charge is -2.36. The van der Waals surface area contributed by atoms with E-state index in [4.69, 9.17) is 4.43 Å². The van der Waals surface area contributed by atoms with Crippen LogP contribution in [0.4, 0.5) is 0 Å². The molecule has 1 aromatic heterocycles. The van der Waals surface area contributed by atoms with E-state index in [0.717, 1.165) is 4.88 Å². The average molecular weight is 379 g/mol. The molecule has 23 heavy (non-hydrogen) atoms. The van der Waals surface area contributed by atoms with E-state index in [1.807, 2.05) is 31.4 Å². The molecule has 0 aliphatic carbocycles. The summed E-state index contributed by atoms with van der Waals surface area (Å²) in [6, 6.07) is 3.84. The van der Waals surface area contributed by atoms with Gasteiger partial charge >= 0.3 is 0 Å². The predicted octanol–water partition coefficient (Wildman–Crippen LogP) is 4.98. The van der Waals surface area contributed by atoms with Gasteiger partial charge in [0.05, 0.1) is 0 Å². The summed E-state index contributed by atoms with van der Waals surface area (Å²) in [6.07, 6.45) is 0.789. The Hall–Kier alpha value is 0.0269. The summed E-state index contributed by atoms with van der Waals surface area (Å²) < 4.78 is 17.3. The van der Waals surface area contributed by atoms with E-state index >= 15 is 0 Å². The third-order valence-corrected chi connectivity index (χ3v) is 15.3. The van der Waals surface area contributed by atoms with Gasteiger partial charge in [0.2, 0.25) is 4.49 Å². The fourth-order valence-electron chi connectivity index (χ4n) is 2.42. The van der Waals surface area contributed by atoms with E-state index in [9.17, 15) is 14.4 Å². The molecule has 0 bridgehead atoms. The normalized spacial score (nSPS) is 17.2. The maximum atomic E-state index is 12.1. The fraction of sp³-hybridized carbons (Fsp3) is 0.750. The molecule has 1 aromatic rings. The van der Waals surface area contributed by atoms with Crippen molar-refractivity contribution >= 4 is 26.4 Å². The van der Waals surface area contributed by atoms with Gasteiger partial charge in [-0.1, -0.05) is 34.6 Å². The molecule has 2 unspecified atom stereocenters. The van der Waals surface area contributed by atoms with Crippen molar-refractivity contribution in [1.29, 1.82) is 0 Å². The van der Waals surface area contributed by atoms with E-state index in [-0.39, 0.29) is 5.04 Å². The minimum absolute atomic E-state index is 0.107. The Bertz CT molecular complexity index is 567. The molecule has 1 rings (SSSR count). The van der Waals surface area contributed by atoms with Gasteiger partial charge in [0.15, 0.2) is 20.8 Å². The van der Waals surface area contributed by atoms with Gasteiger partial charge in [0.25, 0.3) is 0 Å². The third-order valence-electron chi connectivity index (χ3n) is 5.19. The highest BCUT2D eigenvalue weighted by Gasteiger charge is 2.49. The van der Waals surface area contributed by atoms with Crippen LogP contribution in [0.15, 0.2) is 17.5 Å². The van der Waals surface area contributed by atoms with Gasteiger partial charge in [-0.3, -0.25) is 0 Å². The Labute approximate surface area is 144 Å². The minimum atomic E-state index is -4.46. The van der Waals surface area contributed by atoms with Crippen molar-refractivity contribution in [3.8, 4) is 0 Å². The molecule has 2 atom stereocenters. The van der Waals surface area contributed by atoms with Crippen LogP contribution >= 0.6 is 18.1 Å². The quantitative estimate of drug-likeness (QED) is 0.413. The average Bonchev–Trinajstić information content (AvgIpc) is 2.84. The Morgan fingerprint density at radius 3 is 2.22 bits per heavy atom. The molecule has 0 saturated heterocycles. The van der Waals surface area contributed by atoms with E-state index in [2.05, 4.69) is 33.9 Å². The van der Waals surface area contributed by atoms with Crippen LogP contribution in [0.3, 0.4) is 0 Å². The maximum absolute atomic E-state index is 12.1. The van der Waals surface area contributed by atoms with Gasteiger partial charge in [0.1, 0.15) is 12.0 Å². The first-order chi connectivity index (χ1) is 10.3. The van der Waals surface area contributed by atoms with Crippen molar-refractivity contribution in [2.24, 2.45) is 0 Å². The zero-order valence-corrected chi connectivity index (χ0v) is 18.1. The zero-order valence-electron chi connectivity index (χ0n) is 15.4. The Balaban J connectivity index is 3.16. The molecule has 0 radical (unpaired) electrons.